The van der Waals surface area contributed by atoms with Gasteiger partial charge < -0.3 is 14.1 Å². The number of nitrogens with zero attached hydrogens (tertiary/aromatic N) is 1. The van der Waals surface area contributed by atoms with Crippen LogP contribution in [0.3, 0.4) is 0 Å². The summed E-state index contributed by atoms with van der Waals surface area (Å²) in [5.74, 6) is -0.894. The number of esters is 1. The van der Waals surface area contributed by atoms with Gasteiger partial charge in [0, 0.05) is 24.0 Å². The summed E-state index contributed by atoms with van der Waals surface area (Å²) in [5.41, 5.74) is 1.94. The van der Waals surface area contributed by atoms with E-state index in [1.807, 2.05) is 19.9 Å². The number of amides is 1. The Hall–Kier alpha value is -2.27. The van der Waals surface area contributed by atoms with Crippen molar-refractivity contribution in [2.75, 3.05) is 19.7 Å². The van der Waals surface area contributed by atoms with Gasteiger partial charge in [0.25, 0.3) is 5.91 Å². The minimum atomic E-state index is -0.681. The zero-order chi connectivity index (χ0) is 17.9. The number of para-hydroxylation sites is 1. The summed E-state index contributed by atoms with van der Waals surface area (Å²) in [5, 5.41) is 1.17. The maximum Gasteiger partial charge on any atom is 0.375 e. The van der Waals surface area contributed by atoms with Gasteiger partial charge in [0.05, 0.1) is 5.02 Å². The number of halogens is 1. The van der Waals surface area contributed by atoms with Crippen molar-refractivity contribution >= 4 is 34.4 Å². The molecule has 0 bridgehead atoms. The predicted octanol–water partition coefficient (Wildman–Crippen LogP) is 3.98. The molecular weight excluding hydrogens is 330 g/mol. The molecule has 1 aromatic heterocycles. The average molecular weight is 350 g/mol. The second kappa shape index (κ2) is 7.53. The molecule has 0 aliphatic rings. The molecule has 2 rings (SSSR count). The Bertz CT molecular complexity index is 794. The summed E-state index contributed by atoms with van der Waals surface area (Å²) >= 11 is 6.07. The van der Waals surface area contributed by atoms with E-state index in [1.54, 1.807) is 24.0 Å². The highest BCUT2D eigenvalue weighted by Crippen LogP contribution is 2.30. The summed E-state index contributed by atoms with van der Waals surface area (Å²) in [6.45, 7) is 9.84. The number of carbonyl (C=O) groups excluding carboxylic acids is 2. The SMILES string of the molecule is C=C(C)CN(CC)C(=O)COC(=O)c1oc2c(Cl)cccc2c1C. The minimum absolute atomic E-state index is 0.0637. The van der Waals surface area contributed by atoms with Gasteiger partial charge in [-0.25, -0.2) is 4.79 Å². The fourth-order valence-electron chi connectivity index (χ4n) is 2.39. The Morgan fingerprint density at radius 1 is 1.38 bits per heavy atom. The van der Waals surface area contributed by atoms with Gasteiger partial charge in [0.1, 0.15) is 0 Å². The van der Waals surface area contributed by atoms with Crippen LogP contribution in [-0.4, -0.2) is 36.5 Å². The van der Waals surface area contributed by atoms with E-state index in [1.165, 1.54) is 0 Å². The molecule has 2 aromatic rings. The quantitative estimate of drug-likeness (QED) is 0.584. The molecule has 1 heterocycles. The Balaban J connectivity index is 2.10. The van der Waals surface area contributed by atoms with E-state index >= 15 is 0 Å². The van der Waals surface area contributed by atoms with Crippen molar-refractivity contribution in [3.8, 4) is 0 Å². The lowest BCUT2D eigenvalue weighted by Gasteiger charge is -2.20. The molecule has 1 aromatic carbocycles. The van der Waals surface area contributed by atoms with Crippen LogP contribution >= 0.6 is 11.6 Å². The van der Waals surface area contributed by atoms with Gasteiger partial charge in [-0.2, -0.15) is 0 Å². The largest absolute Gasteiger partial charge is 0.450 e. The van der Waals surface area contributed by atoms with Crippen molar-refractivity contribution in [3.63, 3.8) is 0 Å². The van der Waals surface area contributed by atoms with Crippen LogP contribution in [0.2, 0.25) is 5.02 Å². The first-order valence-corrected chi connectivity index (χ1v) is 7.99. The van der Waals surface area contributed by atoms with E-state index in [0.29, 0.717) is 29.3 Å². The minimum Gasteiger partial charge on any atom is -0.450 e. The van der Waals surface area contributed by atoms with E-state index in [4.69, 9.17) is 20.8 Å². The third-order valence-corrected chi connectivity index (χ3v) is 3.92. The van der Waals surface area contributed by atoms with Gasteiger partial charge >= 0.3 is 5.97 Å². The van der Waals surface area contributed by atoms with Crippen LogP contribution in [0.5, 0.6) is 0 Å². The van der Waals surface area contributed by atoms with Gasteiger partial charge in [0.2, 0.25) is 5.76 Å². The van der Waals surface area contributed by atoms with Gasteiger partial charge in [0.15, 0.2) is 12.2 Å². The van der Waals surface area contributed by atoms with Crippen molar-refractivity contribution in [3.05, 3.63) is 46.7 Å². The third-order valence-electron chi connectivity index (χ3n) is 3.62. The van der Waals surface area contributed by atoms with E-state index in [0.717, 1.165) is 11.0 Å². The molecule has 0 N–H and O–H groups in total. The lowest BCUT2D eigenvalue weighted by atomic mass is 10.1. The maximum atomic E-state index is 12.2. The lowest BCUT2D eigenvalue weighted by Crippen LogP contribution is -2.35. The number of likely N-dealkylation sites (N-methyl/N-ethyl adjacent to an activating group) is 1. The molecule has 0 atom stereocenters. The fraction of sp³-hybridized carbons (Fsp3) is 0.333. The zero-order valence-corrected chi connectivity index (χ0v) is 14.8. The molecular formula is C18H20ClNO4. The number of hydrogen-bond acceptors (Lipinski definition) is 4. The molecule has 0 spiro atoms. The van der Waals surface area contributed by atoms with Crippen molar-refractivity contribution in [1.82, 2.24) is 4.90 Å². The normalized spacial score (nSPS) is 10.7. The molecule has 5 nitrogen and oxygen atoms in total. The van der Waals surface area contributed by atoms with Crippen LogP contribution in [-0.2, 0) is 9.53 Å². The molecule has 0 fully saturated rings. The highest BCUT2D eigenvalue weighted by atomic mass is 35.5. The summed E-state index contributed by atoms with van der Waals surface area (Å²) < 4.78 is 10.6. The van der Waals surface area contributed by atoms with E-state index in [-0.39, 0.29) is 18.3 Å². The monoisotopic (exact) mass is 349 g/mol. The predicted molar refractivity (Wildman–Crippen MR) is 93.3 cm³/mol. The number of fused-ring (bicyclic) bond motifs is 1. The fourth-order valence-corrected chi connectivity index (χ4v) is 2.60. The number of aryl methyl sites for hydroxylation is 1. The molecule has 0 saturated carbocycles. The molecule has 0 unspecified atom stereocenters. The molecule has 0 saturated heterocycles. The molecule has 6 heteroatoms. The second-order valence-corrected chi connectivity index (χ2v) is 6.02. The van der Waals surface area contributed by atoms with Gasteiger partial charge in [-0.15, -0.1) is 0 Å². The van der Waals surface area contributed by atoms with Crippen LogP contribution in [0.15, 0.2) is 34.8 Å². The first-order chi connectivity index (χ1) is 11.3. The average Bonchev–Trinajstić information content (AvgIpc) is 2.88. The standard InChI is InChI=1S/C18H20ClNO4/c1-5-20(9-11(2)3)15(21)10-23-18(22)16-12(4)13-7-6-8-14(19)17(13)24-16/h6-8H,2,5,9-10H2,1,3-4H3. The maximum absolute atomic E-state index is 12.2. The highest BCUT2D eigenvalue weighted by molar-refractivity contribution is 6.35. The Kier molecular flexibility index (Phi) is 5.67. The van der Waals surface area contributed by atoms with Gasteiger partial charge in [-0.3, -0.25) is 4.79 Å². The number of ether oxygens (including phenoxy) is 1. The number of benzene rings is 1. The van der Waals surface area contributed by atoms with Crippen LogP contribution < -0.4 is 0 Å². The van der Waals surface area contributed by atoms with Crippen molar-refractivity contribution in [2.24, 2.45) is 0 Å². The Labute approximate surface area is 145 Å². The Morgan fingerprint density at radius 3 is 2.67 bits per heavy atom. The van der Waals surface area contributed by atoms with E-state index < -0.39 is 5.97 Å². The van der Waals surface area contributed by atoms with Crippen molar-refractivity contribution < 1.29 is 18.7 Å². The molecule has 24 heavy (non-hydrogen) atoms. The summed E-state index contributed by atoms with van der Waals surface area (Å²) in [4.78, 5) is 25.9. The molecule has 0 aliphatic carbocycles. The molecule has 0 radical (unpaired) electrons. The number of furan rings is 1. The second-order valence-electron chi connectivity index (χ2n) is 5.61. The smallest absolute Gasteiger partial charge is 0.375 e. The zero-order valence-electron chi connectivity index (χ0n) is 14.0. The summed E-state index contributed by atoms with van der Waals surface area (Å²) in [6, 6.07) is 5.28. The van der Waals surface area contributed by atoms with Gasteiger partial charge in [-0.05, 0) is 26.8 Å². The summed E-state index contributed by atoms with van der Waals surface area (Å²) in [6.07, 6.45) is 0. The van der Waals surface area contributed by atoms with Gasteiger partial charge in [-0.1, -0.05) is 35.9 Å². The van der Waals surface area contributed by atoms with Crippen LogP contribution in [0.25, 0.3) is 11.0 Å². The topological polar surface area (TPSA) is 59.8 Å². The van der Waals surface area contributed by atoms with Crippen LogP contribution in [0.4, 0.5) is 0 Å². The number of hydrogen-bond donors (Lipinski definition) is 0. The lowest BCUT2D eigenvalue weighted by molar-refractivity contribution is -0.134. The molecule has 128 valence electrons. The number of rotatable bonds is 6. The van der Waals surface area contributed by atoms with Crippen LogP contribution in [0, 0.1) is 6.92 Å². The van der Waals surface area contributed by atoms with Crippen LogP contribution in [0.1, 0.15) is 30.0 Å². The van der Waals surface area contributed by atoms with E-state index in [9.17, 15) is 9.59 Å². The summed E-state index contributed by atoms with van der Waals surface area (Å²) in [7, 11) is 0. The molecule has 0 aliphatic heterocycles. The first kappa shape index (κ1) is 18.1. The molecule has 1 amide bonds. The third kappa shape index (κ3) is 3.79. The van der Waals surface area contributed by atoms with Crippen molar-refractivity contribution in [1.29, 1.82) is 0 Å². The van der Waals surface area contributed by atoms with Crippen molar-refractivity contribution in [2.45, 2.75) is 20.8 Å². The number of carbonyl (C=O) groups is 2. The Morgan fingerprint density at radius 2 is 2.08 bits per heavy atom. The first-order valence-electron chi connectivity index (χ1n) is 7.62. The highest BCUT2D eigenvalue weighted by Gasteiger charge is 2.22. The van der Waals surface area contributed by atoms with E-state index in [2.05, 4.69) is 6.58 Å².